The molecule has 13 heteroatoms. The fourth-order valence-electron chi connectivity index (χ4n) is 8.12. The molecule has 0 amide bonds. The summed E-state index contributed by atoms with van der Waals surface area (Å²) in [6.07, 6.45) is 43.1. The van der Waals surface area contributed by atoms with Crippen LogP contribution in [0.15, 0.2) is 48.6 Å². The normalized spacial score (nSPS) is 21.6. The number of phosphoric acid groups is 1. The number of hydrogen-bond acceptors (Lipinski definition) is 11. The molecular formula is C54H99O12P. The minimum atomic E-state index is -5.03. The van der Waals surface area contributed by atoms with Gasteiger partial charge >= 0.3 is 13.8 Å². The summed E-state index contributed by atoms with van der Waals surface area (Å²) in [6.45, 7) is 4.24. The zero-order chi connectivity index (χ0) is 49.1. The standard InChI is InChI=1S/C54H99O12P/c1-3-5-7-9-11-13-15-17-19-21-23-24-25-27-29-31-33-35-37-39-41-43-48(55)65-47(46-64-67(61,62)66-54-52(59)50(57)49(56)51(58)53(54)60)45-63-44-42-40-38-36-34-32-30-28-26-22-20-18-16-14-12-10-8-6-4-2/h14-17,20-23,47,49-54,56-60H,3-13,18-19,24-46H2,1-2H3,(H,61,62)/b16-14-,17-15-,22-20-,23-21-. The fourth-order valence-corrected chi connectivity index (χ4v) is 9.10. The number of carbonyl (C=O) groups is 1. The molecule has 12 nitrogen and oxygen atoms in total. The van der Waals surface area contributed by atoms with Crippen molar-refractivity contribution in [2.75, 3.05) is 19.8 Å². The number of phosphoric ester groups is 1. The first kappa shape index (κ1) is 63.3. The Morgan fingerprint density at radius 2 is 0.836 bits per heavy atom. The van der Waals surface area contributed by atoms with Crippen molar-refractivity contribution in [3.05, 3.63) is 48.6 Å². The van der Waals surface area contributed by atoms with Crippen LogP contribution >= 0.6 is 7.82 Å². The molecule has 0 saturated heterocycles. The van der Waals surface area contributed by atoms with Gasteiger partial charge in [-0.2, -0.15) is 0 Å². The molecule has 1 fully saturated rings. The molecule has 1 aliphatic carbocycles. The summed E-state index contributed by atoms with van der Waals surface area (Å²) in [6, 6.07) is 0. The first-order valence-electron chi connectivity index (χ1n) is 27.0. The number of carbonyl (C=O) groups excluding carboxylic acids is 1. The van der Waals surface area contributed by atoms with Crippen LogP contribution in [0.1, 0.15) is 226 Å². The maximum atomic E-state index is 12.9. The lowest BCUT2D eigenvalue weighted by atomic mass is 9.85. The average molecular weight is 971 g/mol. The molecule has 6 N–H and O–H groups in total. The first-order chi connectivity index (χ1) is 32.5. The van der Waals surface area contributed by atoms with Crippen LogP contribution < -0.4 is 0 Å². The average Bonchev–Trinajstić information content (AvgIpc) is 3.31. The largest absolute Gasteiger partial charge is 0.472 e. The van der Waals surface area contributed by atoms with Crippen LogP contribution in [0.25, 0.3) is 0 Å². The third-order valence-electron chi connectivity index (χ3n) is 12.4. The molecule has 0 aromatic carbocycles. The zero-order valence-electron chi connectivity index (χ0n) is 42.2. The summed E-state index contributed by atoms with van der Waals surface area (Å²) in [5.41, 5.74) is 0. The molecule has 1 saturated carbocycles. The highest BCUT2D eigenvalue weighted by atomic mass is 31.2. The van der Waals surface area contributed by atoms with E-state index < -0.39 is 63.1 Å². The van der Waals surface area contributed by atoms with Crippen molar-refractivity contribution in [2.24, 2.45) is 0 Å². The third-order valence-corrected chi connectivity index (χ3v) is 13.4. The van der Waals surface area contributed by atoms with E-state index in [1.165, 1.54) is 128 Å². The quantitative estimate of drug-likeness (QED) is 0.0147. The summed E-state index contributed by atoms with van der Waals surface area (Å²) >= 11 is 0. The maximum absolute atomic E-state index is 12.9. The lowest BCUT2D eigenvalue weighted by Crippen LogP contribution is -2.64. The molecule has 0 aromatic rings. The highest BCUT2D eigenvalue weighted by Crippen LogP contribution is 2.47. The van der Waals surface area contributed by atoms with Crippen LogP contribution in [0, 0.1) is 0 Å². The van der Waals surface area contributed by atoms with Gasteiger partial charge in [-0.3, -0.25) is 13.8 Å². The summed E-state index contributed by atoms with van der Waals surface area (Å²) in [4.78, 5) is 23.3. The van der Waals surface area contributed by atoms with Crippen LogP contribution in [0.2, 0.25) is 0 Å². The predicted octanol–water partition coefficient (Wildman–Crippen LogP) is 12.4. The van der Waals surface area contributed by atoms with Crippen molar-refractivity contribution in [1.29, 1.82) is 0 Å². The molecule has 67 heavy (non-hydrogen) atoms. The van der Waals surface area contributed by atoms with Crippen molar-refractivity contribution < 1.29 is 58.3 Å². The Hall–Kier alpha value is -1.70. The van der Waals surface area contributed by atoms with Gasteiger partial charge in [0.2, 0.25) is 0 Å². The third kappa shape index (κ3) is 36.0. The molecule has 0 aromatic heterocycles. The van der Waals surface area contributed by atoms with E-state index >= 15 is 0 Å². The molecule has 6 unspecified atom stereocenters. The minimum absolute atomic E-state index is 0.0826. The monoisotopic (exact) mass is 971 g/mol. The molecule has 0 aliphatic heterocycles. The predicted molar refractivity (Wildman–Crippen MR) is 272 cm³/mol. The Bertz CT molecular complexity index is 1290. The number of allylic oxidation sites excluding steroid dienone is 8. The second-order valence-corrected chi connectivity index (χ2v) is 20.1. The topological polar surface area (TPSA) is 192 Å². The van der Waals surface area contributed by atoms with Gasteiger partial charge in [-0.05, 0) is 77.0 Å². The molecular weight excluding hydrogens is 872 g/mol. The molecule has 0 bridgehead atoms. The van der Waals surface area contributed by atoms with Gasteiger partial charge in [0.25, 0.3) is 0 Å². The lowest BCUT2D eigenvalue weighted by Gasteiger charge is -2.41. The van der Waals surface area contributed by atoms with Crippen LogP contribution in [0.5, 0.6) is 0 Å². The maximum Gasteiger partial charge on any atom is 0.472 e. The highest BCUT2D eigenvalue weighted by molar-refractivity contribution is 7.47. The Kier molecular flexibility index (Phi) is 41.8. The number of hydrogen-bond donors (Lipinski definition) is 6. The van der Waals surface area contributed by atoms with Crippen molar-refractivity contribution in [2.45, 2.75) is 268 Å². The number of aliphatic hydroxyl groups excluding tert-OH is 5. The second kappa shape index (κ2) is 44.3. The molecule has 1 aliphatic rings. The van der Waals surface area contributed by atoms with Crippen LogP contribution in [0.4, 0.5) is 0 Å². The van der Waals surface area contributed by atoms with E-state index in [0.29, 0.717) is 13.0 Å². The van der Waals surface area contributed by atoms with Gasteiger partial charge in [0.1, 0.15) is 42.7 Å². The Balaban J connectivity index is 2.33. The molecule has 6 atom stereocenters. The highest BCUT2D eigenvalue weighted by Gasteiger charge is 2.51. The van der Waals surface area contributed by atoms with E-state index in [1.807, 2.05) is 0 Å². The van der Waals surface area contributed by atoms with Crippen LogP contribution in [0.3, 0.4) is 0 Å². The van der Waals surface area contributed by atoms with Crippen molar-refractivity contribution in [1.82, 2.24) is 0 Å². The van der Waals surface area contributed by atoms with E-state index in [-0.39, 0.29) is 13.0 Å². The van der Waals surface area contributed by atoms with Crippen molar-refractivity contribution in [3.8, 4) is 0 Å². The lowest BCUT2D eigenvalue weighted by molar-refractivity contribution is -0.220. The minimum Gasteiger partial charge on any atom is -0.457 e. The second-order valence-electron chi connectivity index (χ2n) is 18.7. The zero-order valence-corrected chi connectivity index (χ0v) is 43.1. The summed E-state index contributed by atoms with van der Waals surface area (Å²) < 4.78 is 34.3. The molecule has 392 valence electrons. The Labute approximate surface area is 407 Å². The van der Waals surface area contributed by atoms with Gasteiger partial charge < -0.3 is 39.9 Å². The first-order valence-corrected chi connectivity index (χ1v) is 28.5. The summed E-state index contributed by atoms with van der Waals surface area (Å²) in [5.74, 6) is -0.483. The van der Waals surface area contributed by atoms with E-state index in [4.69, 9.17) is 18.5 Å². The number of aliphatic hydroxyl groups is 5. The van der Waals surface area contributed by atoms with E-state index in [2.05, 4.69) is 62.5 Å². The van der Waals surface area contributed by atoms with E-state index in [9.17, 15) is 39.8 Å². The van der Waals surface area contributed by atoms with Gasteiger partial charge in [0, 0.05) is 13.0 Å². The molecule has 1 rings (SSSR count). The summed E-state index contributed by atoms with van der Waals surface area (Å²) in [5, 5.41) is 50.4. The van der Waals surface area contributed by atoms with Gasteiger partial charge in [0.05, 0.1) is 13.2 Å². The SMILES string of the molecule is CCCCCC/C=C\C/C=C\CCCCCCCCCCOCC(COP(=O)(O)OC1C(O)C(O)C(O)C(O)C1O)OC(=O)CCCCCCCCCCC/C=C\C/C=C\CCCCCCC. The smallest absolute Gasteiger partial charge is 0.457 e. The fraction of sp³-hybridized carbons (Fsp3) is 0.833. The van der Waals surface area contributed by atoms with Gasteiger partial charge in [0.15, 0.2) is 0 Å². The number of unbranched alkanes of at least 4 members (excludes halogenated alkanes) is 26. The molecule has 0 heterocycles. The van der Waals surface area contributed by atoms with Crippen molar-refractivity contribution >= 4 is 13.8 Å². The molecule has 0 spiro atoms. The number of esters is 1. The number of ether oxygens (including phenoxy) is 2. The van der Waals surface area contributed by atoms with Gasteiger partial charge in [-0.15, -0.1) is 0 Å². The van der Waals surface area contributed by atoms with Gasteiger partial charge in [-0.1, -0.05) is 191 Å². The van der Waals surface area contributed by atoms with Crippen LogP contribution in [-0.4, -0.2) is 98.9 Å². The Morgan fingerprint density at radius 3 is 1.27 bits per heavy atom. The van der Waals surface area contributed by atoms with E-state index in [1.54, 1.807) is 0 Å². The summed E-state index contributed by atoms with van der Waals surface area (Å²) in [7, 11) is -5.03. The van der Waals surface area contributed by atoms with Crippen molar-refractivity contribution in [3.63, 3.8) is 0 Å². The Morgan fingerprint density at radius 1 is 0.478 bits per heavy atom. The van der Waals surface area contributed by atoms with Crippen LogP contribution in [-0.2, 0) is 27.9 Å². The van der Waals surface area contributed by atoms with E-state index in [0.717, 1.165) is 70.6 Å². The number of rotatable bonds is 46. The molecule has 0 radical (unpaired) electrons. The van der Waals surface area contributed by atoms with Gasteiger partial charge in [-0.25, -0.2) is 4.57 Å².